The summed E-state index contributed by atoms with van der Waals surface area (Å²) in [5, 5.41) is 9.61. The van der Waals surface area contributed by atoms with Gasteiger partial charge in [-0.25, -0.2) is 9.78 Å². The zero-order chi connectivity index (χ0) is 21.6. The van der Waals surface area contributed by atoms with Crippen molar-refractivity contribution >= 4 is 40.8 Å². The van der Waals surface area contributed by atoms with Gasteiger partial charge in [0.05, 0.1) is 6.33 Å². The highest BCUT2D eigenvalue weighted by Gasteiger charge is 2.29. The Hall–Kier alpha value is -3.68. The van der Waals surface area contributed by atoms with Crippen molar-refractivity contribution in [3.63, 3.8) is 0 Å². The van der Waals surface area contributed by atoms with Gasteiger partial charge in [-0.1, -0.05) is 0 Å². The Labute approximate surface area is 165 Å². The molecule has 0 aromatic carbocycles. The normalized spacial score (nSPS) is 11.9. The number of anilines is 2. The molecule has 1 amide bonds. The fourth-order valence-corrected chi connectivity index (χ4v) is 2.83. The zero-order valence-electron chi connectivity index (χ0n) is 15.7. The van der Waals surface area contributed by atoms with Crippen molar-refractivity contribution in [2.45, 2.75) is 25.4 Å². The number of guanidine groups is 1. The van der Waals surface area contributed by atoms with Gasteiger partial charge in [0.15, 0.2) is 17.4 Å². The summed E-state index contributed by atoms with van der Waals surface area (Å²) in [5.74, 6) is -1.69. The minimum Gasteiger partial charge on any atom is -0.480 e. The first-order valence-electron chi connectivity index (χ1n) is 8.76. The number of hydrogen-bond donors (Lipinski definition) is 6. The Morgan fingerprint density at radius 1 is 1.28 bits per heavy atom. The van der Waals surface area contributed by atoms with Crippen LogP contribution in [0.5, 0.6) is 0 Å². The number of rotatable bonds is 10. The fraction of sp³-hybridized carbons (Fsp3) is 0.467. The third-order valence-corrected chi connectivity index (χ3v) is 4.10. The molecular weight excluding hydrogens is 382 g/mol. The molecule has 0 saturated heterocycles. The van der Waals surface area contributed by atoms with Gasteiger partial charge in [-0.2, -0.15) is 9.97 Å². The topological polar surface area (TPSA) is 244 Å². The molecule has 1 atom stereocenters. The number of nitrogens with two attached hydrogens (primary N) is 5. The van der Waals surface area contributed by atoms with Gasteiger partial charge in [0.1, 0.15) is 18.1 Å². The van der Waals surface area contributed by atoms with E-state index in [1.54, 1.807) is 0 Å². The molecule has 29 heavy (non-hydrogen) atoms. The van der Waals surface area contributed by atoms with Gasteiger partial charge in [-0.15, -0.1) is 0 Å². The number of nitrogens with zero attached hydrogens (tertiary/aromatic N) is 6. The second-order valence-electron chi connectivity index (χ2n) is 6.19. The Balaban J connectivity index is 2.21. The predicted octanol–water partition coefficient (Wildman–Crippen LogP) is -2.72. The van der Waals surface area contributed by atoms with E-state index < -0.39 is 17.9 Å². The van der Waals surface area contributed by atoms with Gasteiger partial charge in [0.25, 0.3) is 0 Å². The number of carbonyl (C=O) groups is 2. The van der Waals surface area contributed by atoms with Crippen LogP contribution < -0.4 is 28.7 Å². The number of imidazole rings is 1. The summed E-state index contributed by atoms with van der Waals surface area (Å²) in [6, 6.07) is -1.08. The summed E-state index contributed by atoms with van der Waals surface area (Å²) in [4.78, 5) is 41.6. The van der Waals surface area contributed by atoms with Crippen LogP contribution in [0.4, 0.5) is 11.8 Å². The van der Waals surface area contributed by atoms with Gasteiger partial charge in [-0.3, -0.25) is 9.79 Å². The maximum Gasteiger partial charge on any atom is 0.326 e. The van der Waals surface area contributed by atoms with Crippen molar-refractivity contribution in [3.8, 4) is 0 Å². The molecule has 0 bridgehead atoms. The van der Waals surface area contributed by atoms with Gasteiger partial charge >= 0.3 is 5.97 Å². The lowest BCUT2D eigenvalue weighted by molar-refractivity contribution is -0.150. The van der Waals surface area contributed by atoms with E-state index in [4.69, 9.17) is 28.7 Å². The third kappa shape index (κ3) is 5.41. The van der Waals surface area contributed by atoms with E-state index in [1.807, 2.05) is 0 Å². The molecule has 0 aliphatic carbocycles. The molecule has 2 rings (SSSR count). The van der Waals surface area contributed by atoms with E-state index in [-0.39, 0.29) is 56.0 Å². The second kappa shape index (κ2) is 9.50. The molecule has 0 fully saturated rings. The van der Waals surface area contributed by atoms with Crippen molar-refractivity contribution in [2.24, 2.45) is 22.2 Å². The largest absolute Gasteiger partial charge is 0.480 e. The molecule has 2 heterocycles. The fourth-order valence-electron chi connectivity index (χ4n) is 2.83. The first-order valence-corrected chi connectivity index (χ1v) is 8.76. The number of fused-ring (bicyclic) bond motifs is 1. The van der Waals surface area contributed by atoms with Crippen molar-refractivity contribution in [1.29, 1.82) is 0 Å². The first kappa shape index (κ1) is 21.6. The standard InChI is InChI=1S/C15H25N11O3/c16-3-5-26(8(13(28)29)2-1-4-21-14(18)19)9(27)6-25-7-22-10-11(17)23-15(20)24-12(10)25/h7-8H,1-6,16H2,(H,28,29)(H4,18,19,21)(H4,17,20,23,24)/t8-/m1/s1. The molecule has 2 aromatic heterocycles. The Morgan fingerprint density at radius 3 is 2.62 bits per heavy atom. The number of hydrogen-bond acceptors (Lipinski definition) is 9. The van der Waals surface area contributed by atoms with Crippen LogP contribution in [-0.2, 0) is 16.1 Å². The van der Waals surface area contributed by atoms with Crippen LogP contribution in [-0.4, -0.2) is 73.0 Å². The van der Waals surface area contributed by atoms with E-state index in [1.165, 1.54) is 15.8 Å². The molecule has 0 aliphatic heterocycles. The van der Waals surface area contributed by atoms with Crippen molar-refractivity contribution in [3.05, 3.63) is 6.33 Å². The number of aromatic nitrogens is 4. The number of amides is 1. The highest BCUT2D eigenvalue weighted by atomic mass is 16.4. The number of nitrogen functional groups attached to an aromatic ring is 2. The summed E-state index contributed by atoms with van der Waals surface area (Å²) in [6.45, 7) is 0.183. The van der Waals surface area contributed by atoms with Crippen LogP contribution in [0.25, 0.3) is 11.2 Å². The lowest BCUT2D eigenvalue weighted by Gasteiger charge is -2.28. The number of aliphatic carboxylic acids is 1. The summed E-state index contributed by atoms with van der Waals surface area (Å²) in [5.41, 5.74) is 28.0. The van der Waals surface area contributed by atoms with Crippen LogP contribution in [0.3, 0.4) is 0 Å². The summed E-state index contributed by atoms with van der Waals surface area (Å²) in [7, 11) is 0. The lowest BCUT2D eigenvalue weighted by atomic mass is 10.1. The van der Waals surface area contributed by atoms with Crippen LogP contribution in [0.2, 0.25) is 0 Å². The summed E-state index contributed by atoms with van der Waals surface area (Å²) in [6.07, 6.45) is 1.89. The lowest BCUT2D eigenvalue weighted by Crippen LogP contribution is -2.48. The zero-order valence-corrected chi connectivity index (χ0v) is 15.7. The molecule has 158 valence electrons. The number of carbonyl (C=O) groups excluding carboxylic acids is 1. The molecule has 14 nitrogen and oxygen atoms in total. The predicted molar refractivity (Wildman–Crippen MR) is 106 cm³/mol. The quantitative estimate of drug-likeness (QED) is 0.134. The summed E-state index contributed by atoms with van der Waals surface area (Å²) < 4.78 is 1.42. The minimum absolute atomic E-state index is 0.0595. The smallest absolute Gasteiger partial charge is 0.326 e. The van der Waals surface area contributed by atoms with Gasteiger partial charge in [0, 0.05) is 19.6 Å². The number of carboxylic acid groups (broad SMARTS) is 1. The van der Waals surface area contributed by atoms with Crippen molar-refractivity contribution in [2.75, 3.05) is 31.1 Å². The maximum atomic E-state index is 12.9. The molecule has 2 aromatic rings. The highest BCUT2D eigenvalue weighted by molar-refractivity contribution is 5.86. The van der Waals surface area contributed by atoms with Gasteiger partial charge < -0.3 is 43.2 Å². The number of aliphatic imine (C=N–C) groups is 1. The molecule has 0 radical (unpaired) electrons. The van der Waals surface area contributed by atoms with Crippen molar-refractivity contribution < 1.29 is 14.7 Å². The van der Waals surface area contributed by atoms with Crippen LogP contribution >= 0.6 is 0 Å². The van der Waals surface area contributed by atoms with E-state index >= 15 is 0 Å². The van der Waals surface area contributed by atoms with Crippen LogP contribution in [0.1, 0.15) is 12.8 Å². The van der Waals surface area contributed by atoms with Gasteiger partial charge in [0.2, 0.25) is 11.9 Å². The molecular formula is C15H25N11O3. The van der Waals surface area contributed by atoms with E-state index in [0.29, 0.717) is 11.9 Å². The van der Waals surface area contributed by atoms with Crippen LogP contribution in [0.15, 0.2) is 11.3 Å². The molecule has 0 saturated carbocycles. The SMILES string of the molecule is NCCN(C(=O)Cn1cnc2c(N)nc(N)nc21)[C@H](CCCN=C(N)N)C(=O)O. The van der Waals surface area contributed by atoms with E-state index in [0.717, 1.165) is 0 Å². The van der Waals surface area contributed by atoms with Crippen LogP contribution in [0, 0.1) is 0 Å². The number of carboxylic acids is 1. The first-order chi connectivity index (χ1) is 13.7. The van der Waals surface area contributed by atoms with E-state index in [9.17, 15) is 14.7 Å². The Kier molecular flexibility index (Phi) is 7.08. The monoisotopic (exact) mass is 407 g/mol. The minimum atomic E-state index is -1.15. The molecule has 0 unspecified atom stereocenters. The average molecular weight is 407 g/mol. The third-order valence-electron chi connectivity index (χ3n) is 4.10. The molecule has 11 N–H and O–H groups in total. The molecule has 14 heteroatoms. The molecule has 0 aliphatic rings. The second-order valence-corrected chi connectivity index (χ2v) is 6.19. The van der Waals surface area contributed by atoms with E-state index in [2.05, 4.69) is 19.9 Å². The molecule has 0 spiro atoms. The van der Waals surface area contributed by atoms with Gasteiger partial charge in [-0.05, 0) is 12.8 Å². The van der Waals surface area contributed by atoms with Crippen molar-refractivity contribution in [1.82, 2.24) is 24.4 Å². The Bertz CT molecular complexity index is 906. The average Bonchev–Trinajstić information content (AvgIpc) is 3.02. The highest BCUT2D eigenvalue weighted by Crippen LogP contribution is 2.17. The maximum absolute atomic E-state index is 12.9. The summed E-state index contributed by atoms with van der Waals surface area (Å²) >= 11 is 0. The Morgan fingerprint density at radius 2 is 2.00 bits per heavy atom.